The van der Waals surface area contributed by atoms with Gasteiger partial charge in [-0.3, -0.25) is 0 Å². The van der Waals surface area contributed by atoms with Crippen molar-refractivity contribution >= 4 is 5.97 Å². The van der Waals surface area contributed by atoms with Crippen LogP contribution in [0.25, 0.3) is 33.9 Å². The molecule has 0 radical (unpaired) electrons. The average Bonchev–Trinajstić information content (AvgIpc) is 3.30. The van der Waals surface area contributed by atoms with Crippen LogP contribution in [-0.4, -0.2) is 22.5 Å². The molecule has 0 unspecified atom stereocenters. The van der Waals surface area contributed by atoms with Crippen LogP contribution in [0.1, 0.15) is 67.9 Å². The van der Waals surface area contributed by atoms with Gasteiger partial charge in [-0.1, -0.05) is 88.4 Å². The van der Waals surface area contributed by atoms with Gasteiger partial charge in [0.25, 0.3) is 0 Å². The lowest BCUT2D eigenvalue weighted by molar-refractivity contribution is 0.0526. The molecule has 0 aliphatic carbocycles. The topological polar surface area (TPSA) is 55.0 Å². The summed E-state index contributed by atoms with van der Waals surface area (Å²) in [6.45, 7) is 10.9. The lowest BCUT2D eigenvalue weighted by Gasteiger charge is -2.09. The molecule has 0 bridgehead atoms. The maximum Gasteiger partial charge on any atom is 0.338 e. The fourth-order valence-corrected chi connectivity index (χ4v) is 4.00. The van der Waals surface area contributed by atoms with E-state index in [0.717, 1.165) is 33.9 Å². The highest BCUT2D eigenvalue weighted by atomic mass is 16.5. The summed E-state index contributed by atoms with van der Waals surface area (Å²) in [5.41, 5.74) is 7.94. The molecule has 0 saturated heterocycles. The van der Waals surface area contributed by atoms with E-state index < -0.39 is 0 Å². The van der Waals surface area contributed by atoms with Crippen LogP contribution in [0.4, 0.5) is 0 Å². The first-order valence-corrected chi connectivity index (χ1v) is 12.0. The lowest BCUT2D eigenvalue weighted by Crippen LogP contribution is -2.04. The molecule has 3 aromatic carbocycles. The van der Waals surface area contributed by atoms with Crippen LogP contribution in [0.15, 0.2) is 72.8 Å². The van der Waals surface area contributed by atoms with Gasteiger partial charge in [0.15, 0.2) is 0 Å². The molecule has 4 aromatic rings. The van der Waals surface area contributed by atoms with Gasteiger partial charge in [0, 0.05) is 16.7 Å². The van der Waals surface area contributed by atoms with Gasteiger partial charge in [-0.05, 0) is 42.0 Å². The fraction of sp³-hybridized carbons (Fsp3) is 0.267. The molecule has 34 heavy (non-hydrogen) atoms. The Labute approximate surface area is 202 Å². The number of hydrogen-bond donors (Lipinski definition) is 1. The van der Waals surface area contributed by atoms with Gasteiger partial charge in [0.2, 0.25) is 0 Å². The zero-order valence-electron chi connectivity index (χ0n) is 20.6. The molecule has 174 valence electrons. The molecule has 0 aliphatic rings. The van der Waals surface area contributed by atoms with Gasteiger partial charge in [-0.25, -0.2) is 9.78 Å². The van der Waals surface area contributed by atoms with Gasteiger partial charge in [0.05, 0.1) is 23.6 Å². The van der Waals surface area contributed by atoms with Gasteiger partial charge in [-0.2, -0.15) is 0 Å². The zero-order chi connectivity index (χ0) is 24.2. The number of nitrogens with one attached hydrogen (secondary N) is 1. The second-order valence-corrected chi connectivity index (χ2v) is 9.16. The summed E-state index contributed by atoms with van der Waals surface area (Å²) < 4.78 is 5.18. The van der Waals surface area contributed by atoms with Gasteiger partial charge in [-0.15, -0.1) is 0 Å². The van der Waals surface area contributed by atoms with Crippen molar-refractivity contribution < 1.29 is 9.53 Å². The third-order valence-corrected chi connectivity index (χ3v) is 6.07. The number of imidazole rings is 1. The highest BCUT2D eigenvalue weighted by Crippen LogP contribution is 2.34. The quantitative estimate of drug-likeness (QED) is 0.291. The number of carbonyl (C=O) groups excluding carboxylic acids is 1. The minimum atomic E-state index is -0.329. The Morgan fingerprint density at radius 2 is 1.41 bits per heavy atom. The molecule has 4 rings (SSSR count). The Balaban J connectivity index is 1.81. The Bertz CT molecular complexity index is 1200. The van der Waals surface area contributed by atoms with Crippen LogP contribution in [0.5, 0.6) is 0 Å². The molecule has 0 spiro atoms. The SMILES string of the molecule is CCOC(=O)c1cccc(-c2nc(-c3ccc(C(C)C)cc3)c(-c3ccc(C(C)C)cc3)[nH]2)c1. The van der Waals surface area contributed by atoms with Crippen LogP contribution in [0.3, 0.4) is 0 Å². The Kier molecular flexibility index (Phi) is 6.97. The van der Waals surface area contributed by atoms with Crippen LogP contribution in [0, 0.1) is 0 Å². The van der Waals surface area contributed by atoms with E-state index in [1.54, 1.807) is 6.07 Å². The number of aromatic amines is 1. The van der Waals surface area contributed by atoms with Gasteiger partial charge < -0.3 is 9.72 Å². The van der Waals surface area contributed by atoms with Crippen molar-refractivity contribution in [3.05, 3.63) is 89.5 Å². The molecule has 1 N–H and O–H groups in total. The molecule has 1 heterocycles. The van der Waals surface area contributed by atoms with Crippen molar-refractivity contribution in [3.8, 4) is 33.9 Å². The zero-order valence-corrected chi connectivity index (χ0v) is 20.6. The molecular formula is C30H32N2O2. The summed E-state index contributed by atoms with van der Waals surface area (Å²) in [5.74, 6) is 1.33. The van der Waals surface area contributed by atoms with Crippen molar-refractivity contribution in [1.29, 1.82) is 0 Å². The third-order valence-electron chi connectivity index (χ3n) is 6.07. The standard InChI is InChI=1S/C30H32N2O2/c1-6-34-30(33)26-9-7-8-25(18-26)29-31-27(23-14-10-21(11-15-23)19(2)3)28(32-29)24-16-12-22(13-17-24)20(4)5/h7-20H,6H2,1-5H3,(H,31,32). The molecule has 0 amide bonds. The van der Waals surface area contributed by atoms with E-state index >= 15 is 0 Å². The van der Waals surface area contributed by atoms with Crippen molar-refractivity contribution in [2.24, 2.45) is 0 Å². The number of aromatic nitrogens is 2. The summed E-state index contributed by atoms with van der Waals surface area (Å²) in [6, 6.07) is 24.7. The number of ether oxygens (including phenoxy) is 1. The maximum absolute atomic E-state index is 12.3. The van der Waals surface area contributed by atoms with Crippen molar-refractivity contribution in [2.45, 2.75) is 46.5 Å². The summed E-state index contributed by atoms with van der Waals surface area (Å²) in [5, 5.41) is 0. The Morgan fingerprint density at radius 1 is 0.824 bits per heavy atom. The first kappa shape index (κ1) is 23.5. The number of esters is 1. The minimum absolute atomic E-state index is 0.329. The van der Waals surface area contributed by atoms with E-state index in [2.05, 4.69) is 81.2 Å². The first-order chi connectivity index (χ1) is 16.4. The molecule has 1 aromatic heterocycles. The fourth-order valence-electron chi connectivity index (χ4n) is 4.00. The number of benzene rings is 3. The van der Waals surface area contributed by atoms with Crippen LogP contribution < -0.4 is 0 Å². The summed E-state index contributed by atoms with van der Waals surface area (Å²) in [7, 11) is 0. The van der Waals surface area contributed by atoms with Gasteiger partial charge in [0.1, 0.15) is 5.82 Å². The molecule has 0 aliphatic heterocycles. The van der Waals surface area contributed by atoms with E-state index in [9.17, 15) is 4.79 Å². The Hall–Kier alpha value is -3.66. The number of carbonyl (C=O) groups is 1. The lowest BCUT2D eigenvalue weighted by atomic mass is 9.97. The predicted molar refractivity (Wildman–Crippen MR) is 139 cm³/mol. The van der Waals surface area contributed by atoms with Gasteiger partial charge >= 0.3 is 5.97 Å². The Morgan fingerprint density at radius 3 is 1.97 bits per heavy atom. The molecule has 4 nitrogen and oxygen atoms in total. The van der Waals surface area contributed by atoms with E-state index in [0.29, 0.717) is 24.0 Å². The number of H-pyrrole nitrogens is 1. The first-order valence-electron chi connectivity index (χ1n) is 12.0. The third kappa shape index (κ3) is 4.96. The molecule has 4 heteroatoms. The maximum atomic E-state index is 12.3. The smallest absolute Gasteiger partial charge is 0.338 e. The van der Waals surface area contributed by atoms with E-state index in [-0.39, 0.29) is 5.97 Å². The average molecular weight is 453 g/mol. The minimum Gasteiger partial charge on any atom is -0.462 e. The highest BCUT2D eigenvalue weighted by Gasteiger charge is 2.17. The molecule has 0 atom stereocenters. The molecular weight excluding hydrogens is 420 g/mol. The van der Waals surface area contributed by atoms with Crippen LogP contribution in [0.2, 0.25) is 0 Å². The van der Waals surface area contributed by atoms with E-state index in [4.69, 9.17) is 9.72 Å². The molecule has 0 saturated carbocycles. The summed E-state index contributed by atoms with van der Waals surface area (Å²) in [6.07, 6.45) is 0. The van der Waals surface area contributed by atoms with Crippen LogP contribution >= 0.6 is 0 Å². The van der Waals surface area contributed by atoms with Crippen molar-refractivity contribution in [1.82, 2.24) is 9.97 Å². The number of hydrogen-bond acceptors (Lipinski definition) is 3. The second-order valence-electron chi connectivity index (χ2n) is 9.16. The summed E-state index contributed by atoms with van der Waals surface area (Å²) >= 11 is 0. The van der Waals surface area contributed by atoms with Crippen molar-refractivity contribution in [2.75, 3.05) is 6.61 Å². The van der Waals surface area contributed by atoms with Crippen LogP contribution in [-0.2, 0) is 4.74 Å². The molecule has 0 fully saturated rings. The monoisotopic (exact) mass is 452 g/mol. The largest absolute Gasteiger partial charge is 0.462 e. The van der Waals surface area contributed by atoms with E-state index in [1.165, 1.54) is 11.1 Å². The summed E-state index contributed by atoms with van der Waals surface area (Å²) in [4.78, 5) is 20.8. The van der Waals surface area contributed by atoms with E-state index in [1.807, 2.05) is 25.1 Å². The second kappa shape index (κ2) is 10.1. The number of nitrogens with zero attached hydrogens (tertiary/aromatic N) is 1. The predicted octanol–water partition coefficient (Wildman–Crippen LogP) is 7.83. The number of rotatable bonds is 7. The van der Waals surface area contributed by atoms with Crippen molar-refractivity contribution in [3.63, 3.8) is 0 Å². The normalized spacial score (nSPS) is 11.3. The highest BCUT2D eigenvalue weighted by molar-refractivity contribution is 5.91.